The quantitative estimate of drug-likeness (QED) is 0.212. The molecule has 7 rings (SSSR count). The van der Waals surface area contributed by atoms with E-state index in [1.54, 1.807) is 11.3 Å². The van der Waals surface area contributed by atoms with Gasteiger partial charge in [0, 0.05) is 54.3 Å². The van der Waals surface area contributed by atoms with Crippen molar-refractivity contribution in [3.8, 4) is 22.1 Å². The van der Waals surface area contributed by atoms with Gasteiger partial charge in [-0.05, 0) is 105 Å². The Morgan fingerprint density at radius 3 is 2.46 bits per heavy atom. The molecule has 4 atom stereocenters. The largest absolute Gasteiger partial charge is 0.457 e. The van der Waals surface area contributed by atoms with Gasteiger partial charge in [0.25, 0.3) is 5.91 Å². The minimum Gasteiger partial charge on any atom is -0.457 e. The summed E-state index contributed by atoms with van der Waals surface area (Å²) in [7, 11) is 0. The van der Waals surface area contributed by atoms with Gasteiger partial charge >= 0.3 is 0 Å². The van der Waals surface area contributed by atoms with Crippen LogP contribution in [0.15, 0.2) is 36.4 Å². The Balaban J connectivity index is 1.14. The van der Waals surface area contributed by atoms with Crippen LogP contribution in [0, 0.1) is 23.7 Å². The summed E-state index contributed by atoms with van der Waals surface area (Å²) < 4.78 is 6.59. The fourth-order valence-corrected chi connectivity index (χ4v) is 9.05. The van der Waals surface area contributed by atoms with Gasteiger partial charge in [-0.15, -0.1) is 10.2 Å². The molecule has 4 aliphatic rings. The van der Waals surface area contributed by atoms with Crippen molar-refractivity contribution < 1.29 is 19.1 Å². The van der Waals surface area contributed by atoms with Crippen LogP contribution in [0.1, 0.15) is 124 Å². The fourth-order valence-electron chi connectivity index (χ4n) is 8.20. The van der Waals surface area contributed by atoms with Crippen LogP contribution < -0.4 is 4.74 Å². The molecule has 48 heavy (non-hydrogen) atoms. The predicted octanol–water partition coefficient (Wildman–Crippen LogP) is 8.99. The number of hydrogen-bond donors (Lipinski definition) is 0. The maximum atomic E-state index is 14.1. The van der Waals surface area contributed by atoms with Crippen molar-refractivity contribution in [2.45, 2.75) is 116 Å². The van der Waals surface area contributed by atoms with Gasteiger partial charge in [0.05, 0.1) is 0 Å². The highest BCUT2D eigenvalue weighted by Crippen LogP contribution is 2.43. The molecule has 4 unspecified atom stereocenters. The van der Waals surface area contributed by atoms with Crippen molar-refractivity contribution in [3.63, 3.8) is 0 Å². The molecular weight excluding hydrogens is 619 g/mol. The zero-order valence-corrected chi connectivity index (χ0v) is 29.5. The third-order valence-corrected chi connectivity index (χ3v) is 12.5. The van der Waals surface area contributed by atoms with Crippen molar-refractivity contribution in [1.82, 2.24) is 15.1 Å². The van der Waals surface area contributed by atoms with E-state index in [1.165, 1.54) is 12.8 Å². The van der Waals surface area contributed by atoms with E-state index in [0.29, 0.717) is 65.8 Å². The molecule has 0 spiro atoms. The molecule has 0 bridgehead atoms. The van der Waals surface area contributed by atoms with E-state index in [4.69, 9.17) is 4.74 Å². The van der Waals surface area contributed by atoms with Crippen molar-refractivity contribution >= 4 is 28.8 Å². The molecule has 3 aromatic rings. The molecule has 1 aromatic heterocycles. The second kappa shape index (κ2) is 14.2. The van der Waals surface area contributed by atoms with Crippen LogP contribution >= 0.6 is 11.3 Å². The number of nitrogens with zero attached hydrogens (tertiary/aromatic N) is 3. The van der Waals surface area contributed by atoms with Crippen LogP contribution in [0.5, 0.6) is 11.5 Å². The third-order valence-electron chi connectivity index (χ3n) is 11.2. The number of ketones is 2. The Kier molecular flexibility index (Phi) is 9.82. The average Bonchev–Trinajstić information content (AvgIpc) is 3.84. The first-order valence-electron chi connectivity index (χ1n) is 18.4. The van der Waals surface area contributed by atoms with Gasteiger partial charge in [0.15, 0.2) is 0 Å². The number of rotatable bonds is 9. The van der Waals surface area contributed by atoms with Crippen molar-refractivity contribution in [2.24, 2.45) is 23.7 Å². The lowest BCUT2D eigenvalue weighted by Crippen LogP contribution is -2.45. The summed E-state index contributed by atoms with van der Waals surface area (Å²) in [6.45, 7) is 7.07. The summed E-state index contributed by atoms with van der Waals surface area (Å²) in [5, 5.41) is 10.6. The molecule has 8 heteroatoms. The summed E-state index contributed by atoms with van der Waals surface area (Å²) in [6, 6.07) is 12.0. The Bertz CT molecular complexity index is 1660. The summed E-state index contributed by atoms with van der Waals surface area (Å²) in [6.07, 6.45) is 11.8. The Morgan fingerprint density at radius 1 is 0.917 bits per heavy atom. The monoisotopic (exact) mass is 667 g/mol. The van der Waals surface area contributed by atoms with Crippen molar-refractivity contribution in [2.75, 3.05) is 6.54 Å². The molecule has 2 heterocycles. The van der Waals surface area contributed by atoms with Crippen LogP contribution in [0.2, 0.25) is 0 Å². The van der Waals surface area contributed by atoms with Gasteiger partial charge in [-0.1, -0.05) is 57.4 Å². The summed E-state index contributed by atoms with van der Waals surface area (Å²) in [4.78, 5) is 42.4. The molecule has 1 amide bonds. The number of aryl methyl sites for hydroxylation is 1. The first-order valence-corrected chi connectivity index (χ1v) is 19.2. The lowest BCUT2D eigenvalue weighted by molar-refractivity contribution is -0.124. The van der Waals surface area contributed by atoms with Crippen LogP contribution in [0.25, 0.3) is 10.6 Å². The lowest BCUT2D eigenvalue weighted by atomic mass is 9.88. The minimum absolute atomic E-state index is 0.0100. The molecule has 0 N–H and O–H groups in total. The number of ether oxygens (including phenoxy) is 1. The molecule has 3 aliphatic carbocycles. The highest BCUT2D eigenvalue weighted by Gasteiger charge is 2.40. The molecular formula is C40H49N3O4S. The standard InChI is InChI=1S/C40H49N3O4S/c1-24(2)38-41-42-39(48-38)28-14-16-32(17-15-28)47-37-23-34-29(21-30(37)13-12-27-7-4-6-25(3)20-35(27)44)18-19-43(40(34)46)31-8-5-9-33(26-10-11-26)36(45)22-31/h14-17,21,23-27,31,33H,4-13,18-20,22H2,1-3H3. The van der Waals surface area contributed by atoms with Gasteiger partial charge in [0.2, 0.25) is 0 Å². The third kappa shape index (κ3) is 7.29. The molecule has 0 radical (unpaired) electrons. The second-order valence-electron chi connectivity index (χ2n) is 15.2. The Hall–Kier alpha value is -3.39. The maximum Gasteiger partial charge on any atom is 0.254 e. The highest BCUT2D eigenvalue weighted by atomic mass is 32.1. The molecule has 7 nitrogen and oxygen atoms in total. The summed E-state index contributed by atoms with van der Waals surface area (Å²) >= 11 is 1.61. The first-order chi connectivity index (χ1) is 23.2. The SMILES string of the molecule is CC1CCCC(CCc2cc3c(cc2Oc2ccc(-c4nnc(C(C)C)s4)cc2)C(=O)N(C2CCCC(C4CC4)C(=O)C2)CC3)C(=O)C1. The van der Waals surface area contributed by atoms with Gasteiger partial charge in [-0.2, -0.15) is 0 Å². The van der Waals surface area contributed by atoms with Crippen LogP contribution in [0.4, 0.5) is 0 Å². The number of fused-ring (bicyclic) bond motifs is 1. The summed E-state index contributed by atoms with van der Waals surface area (Å²) in [5.74, 6) is 3.77. The number of aromatic nitrogens is 2. The number of benzene rings is 2. The van der Waals surface area contributed by atoms with E-state index in [0.717, 1.165) is 84.5 Å². The molecule has 0 saturated heterocycles. The first kappa shape index (κ1) is 33.1. The van der Waals surface area contributed by atoms with Crippen LogP contribution in [0.3, 0.4) is 0 Å². The second-order valence-corrected chi connectivity index (χ2v) is 16.2. The van der Waals surface area contributed by atoms with E-state index < -0.39 is 0 Å². The van der Waals surface area contributed by atoms with Crippen LogP contribution in [-0.2, 0) is 22.4 Å². The molecule has 1 aliphatic heterocycles. The van der Waals surface area contributed by atoms with Gasteiger partial charge in [-0.3, -0.25) is 14.4 Å². The van der Waals surface area contributed by atoms with E-state index in [9.17, 15) is 14.4 Å². The highest BCUT2D eigenvalue weighted by molar-refractivity contribution is 7.14. The van der Waals surface area contributed by atoms with E-state index in [1.807, 2.05) is 35.2 Å². The zero-order valence-electron chi connectivity index (χ0n) is 28.7. The molecule has 3 fully saturated rings. The van der Waals surface area contributed by atoms with E-state index >= 15 is 0 Å². The molecule has 254 valence electrons. The fraction of sp³-hybridized carbons (Fsp3) is 0.575. The molecule has 2 aromatic carbocycles. The lowest BCUT2D eigenvalue weighted by Gasteiger charge is -2.35. The number of carbonyl (C=O) groups is 3. The predicted molar refractivity (Wildman–Crippen MR) is 189 cm³/mol. The van der Waals surface area contributed by atoms with Crippen molar-refractivity contribution in [3.05, 3.63) is 58.1 Å². The normalized spacial score (nSPS) is 25.2. The maximum absolute atomic E-state index is 14.1. The Labute approximate surface area is 288 Å². The number of hydrogen-bond acceptors (Lipinski definition) is 7. The summed E-state index contributed by atoms with van der Waals surface area (Å²) in [5.41, 5.74) is 3.77. The molecule has 3 saturated carbocycles. The van der Waals surface area contributed by atoms with E-state index in [2.05, 4.69) is 37.0 Å². The number of Topliss-reactive ketones (excluding diaryl/α,β-unsaturated/α-hetero) is 2. The minimum atomic E-state index is -0.0290. The zero-order chi connectivity index (χ0) is 33.4. The van der Waals surface area contributed by atoms with Crippen LogP contribution in [-0.4, -0.2) is 45.2 Å². The number of amides is 1. The average molecular weight is 668 g/mol. The Morgan fingerprint density at radius 2 is 1.71 bits per heavy atom. The van der Waals surface area contributed by atoms with Gasteiger partial charge in [-0.25, -0.2) is 0 Å². The van der Waals surface area contributed by atoms with Crippen molar-refractivity contribution in [1.29, 1.82) is 0 Å². The van der Waals surface area contributed by atoms with E-state index in [-0.39, 0.29) is 23.8 Å². The van der Waals surface area contributed by atoms with Gasteiger partial charge in [0.1, 0.15) is 33.1 Å². The smallest absolute Gasteiger partial charge is 0.254 e. The van der Waals surface area contributed by atoms with Gasteiger partial charge < -0.3 is 9.64 Å². The topological polar surface area (TPSA) is 89.5 Å². The number of carbonyl (C=O) groups excluding carboxylic acids is 3.